The molecule has 114 valence electrons. The summed E-state index contributed by atoms with van der Waals surface area (Å²) in [6, 6.07) is 12.8. The second-order valence-electron chi connectivity index (χ2n) is 4.77. The number of hydrogen-bond donors (Lipinski definition) is 1. The molecule has 1 aliphatic rings. The van der Waals surface area contributed by atoms with Gasteiger partial charge in [-0.25, -0.2) is 0 Å². The summed E-state index contributed by atoms with van der Waals surface area (Å²) < 4.78 is 0.510. The molecular formula is C16H13Cl2NOS2. The lowest BCUT2D eigenvalue weighted by Gasteiger charge is -2.10. The van der Waals surface area contributed by atoms with Crippen LogP contribution >= 0.6 is 46.7 Å². The lowest BCUT2D eigenvalue weighted by Crippen LogP contribution is -2.12. The van der Waals surface area contributed by atoms with Crippen molar-refractivity contribution < 1.29 is 4.79 Å². The minimum atomic E-state index is -0.237. The average molecular weight is 370 g/mol. The van der Waals surface area contributed by atoms with Crippen molar-refractivity contribution in [3.63, 3.8) is 0 Å². The van der Waals surface area contributed by atoms with Crippen LogP contribution in [0.3, 0.4) is 0 Å². The molecule has 0 unspecified atom stereocenters. The molecule has 1 saturated heterocycles. The number of nitrogens with one attached hydrogen (secondary N) is 1. The van der Waals surface area contributed by atoms with Gasteiger partial charge in [-0.3, -0.25) is 4.79 Å². The van der Waals surface area contributed by atoms with Gasteiger partial charge in [0.05, 0.1) is 15.2 Å². The van der Waals surface area contributed by atoms with E-state index in [-0.39, 0.29) is 5.91 Å². The van der Waals surface area contributed by atoms with Gasteiger partial charge in [0, 0.05) is 22.2 Å². The molecule has 0 radical (unpaired) electrons. The van der Waals surface area contributed by atoms with E-state index in [0.29, 0.717) is 20.2 Å². The van der Waals surface area contributed by atoms with Crippen LogP contribution in [0.25, 0.3) is 0 Å². The summed E-state index contributed by atoms with van der Waals surface area (Å²) in [5.41, 5.74) is 2.46. The number of anilines is 1. The van der Waals surface area contributed by atoms with Gasteiger partial charge in [0.25, 0.3) is 5.91 Å². The number of hydrogen-bond acceptors (Lipinski definition) is 3. The molecule has 1 amide bonds. The largest absolute Gasteiger partial charge is 0.322 e. The molecule has 1 N–H and O–H groups in total. The van der Waals surface area contributed by atoms with Crippen LogP contribution in [-0.2, 0) is 0 Å². The van der Waals surface area contributed by atoms with Gasteiger partial charge in [0.2, 0.25) is 0 Å². The molecule has 2 aromatic rings. The van der Waals surface area contributed by atoms with Gasteiger partial charge >= 0.3 is 0 Å². The van der Waals surface area contributed by atoms with E-state index in [9.17, 15) is 4.79 Å². The van der Waals surface area contributed by atoms with Gasteiger partial charge in [-0.1, -0.05) is 35.3 Å². The van der Waals surface area contributed by atoms with E-state index >= 15 is 0 Å². The van der Waals surface area contributed by atoms with Crippen molar-refractivity contribution in [2.24, 2.45) is 0 Å². The van der Waals surface area contributed by atoms with Gasteiger partial charge in [-0.15, -0.1) is 23.5 Å². The zero-order valence-corrected chi connectivity index (χ0v) is 14.7. The SMILES string of the molecule is O=C(Nc1ccc(C2SCCS2)cc1)c1ccc(Cl)cc1Cl. The molecule has 2 aromatic carbocycles. The van der Waals surface area contributed by atoms with Gasteiger partial charge in [0.15, 0.2) is 0 Å². The highest BCUT2D eigenvalue weighted by atomic mass is 35.5. The number of amides is 1. The summed E-state index contributed by atoms with van der Waals surface area (Å²) in [7, 11) is 0. The highest BCUT2D eigenvalue weighted by molar-refractivity contribution is 8.19. The maximum Gasteiger partial charge on any atom is 0.257 e. The van der Waals surface area contributed by atoms with Crippen LogP contribution in [0.1, 0.15) is 20.5 Å². The van der Waals surface area contributed by atoms with Crippen LogP contribution in [0.15, 0.2) is 42.5 Å². The van der Waals surface area contributed by atoms with Crippen molar-refractivity contribution in [2.45, 2.75) is 4.58 Å². The molecule has 1 aliphatic heterocycles. The molecule has 3 rings (SSSR count). The lowest BCUT2D eigenvalue weighted by atomic mass is 10.2. The van der Waals surface area contributed by atoms with Crippen LogP contribution in [0, 0.1) is 0 Å². The quantitative estimate of drug-likeness (QED) is 0.749. The second-order valence-corrected chi connectivity index (χ2v) is 8.34. The monoisotopic (exact) mass is 369 g/mol. The van der Waals surface area contributed by atoms with Gasteiger partial charge in [0.1, 0.15) is 0 Å². The molecule has 0 saturated carbocycles. The Hall–Kier alpha value is -0.810. The Morgan fingerprint density at radius 1 is 1.05 bits per heavy atom. The Labute approximate surface area is 148 Å². The molecule has 1 heterocycles. The second kappa shape index (κ2) is 7.18. The maximum atomic E-state index is 12.2. The highest BCUT2D eigenvalue weighted by Crippen LogP contribution is 2.45. The number of halogens is 2. The van der Waals surface area contributed by atoms with Gasteiger partial charge in [-0.05, 0) is 35.9 Å². The fourth-order valence-electron chi connectivity index (χ4n) is 2.15. The molecule has 0 atom stereocenters. The normalized spacial score (nSPS) is 15.0. The van der Waals surface area contributed by atoms with Gasteiger partial charge < -0.3 is 5.32 Å². The smallest absolute Gasteiger partial charge is 0.257 e. The minimum Gasteiger partial charge on any atom is -0.322 e. The predicted octanol–water partition coefficient (Wildman–Crippen LogP) is 5.72. The maximum absolute atomic E-state index is 12.2. The molecule has 22 heavy (non-hydrogen) atoms. The third kappa shape index (κ3) is 3.74. The Bertz CT molecular complexity index is 685. The minimum absolute atomic E-state index is 0.237. The Balaban J connectivity index is 1.71. The molecule has 0 aliphatic carbocycles. The highest BCUT2D eigenvalue weighted by Gasteiger charge is 2.18. The Morgan fingerprint density at radius 3 is 2.36 bits per heavy atom. The molecule has 2 nitrogen and oxygen atoms in total. The lowest BCUT2D eigenvalue weighted by molar-refractivity contribution is 0.102. The fraction of sp³-hybridized carbons (Fsp3) is 0.188. The number of carbonyl (C=O) groups excluding carboxylic acids is 1. The number of benzene rings is 2. The number of rotatable bonds is 3. The van der Waals surface area contributed by atoms with Crippen LogP contribution < -0.4 is 5.32 Å². The van der Waals surface area contributed by atoms with Crippen LogP contribution in [0.2, 0.25) is 10.0 Å². The van der Waals surface area contributed by atoms with Crippen LogP contribution in [0.5, 0.6) is 0 Å². The molecular weight excluding hydrogens is 357 g/mol. The molecule has 0 bridgehead atoms. The van der Waals surface area contributed by atoms with E-state index < -0.39 is 0 Å². The van der Waals surface area contributed by atoms with Gasteiger partial charge in [-0.2, -0.15) is 0 Å². The number of carbonyl (C=O) groups is 1. The summed E-state index contributed by atoms with van der Waals surface area (Å²) in [6.45, 7) is 0. The molecule has 6 heteroatoms. The summed E-state index contributed by atoms with van der Waals surface area (Å²) in [5, 5.41) is 3.72. The zero-order chi connectivity index (χ0) is 15.5. The fourth-order valence-corrected chi connectivity index (χ4v) is 5.50. The van der Waals surface area contributed by atoms with Crippen molar-refractivity contribution in [1.82, 2.24) is 0 Å². The van der Waals surface area contributed by atoms with Crippen molar-refractivity contribution in [2.75, 3.05) is 16.8 Å². The van der Waals surface area contributed by atoms with E-state index in [0.717, 1.165) is 5.69 Å². The van der Waals surface area contributed by atoms with E-state index in [1.807, 2.05) is 35.7 Å². The first-order valence-electron chi connectivity index (χ1n) is 6.73. The predicted molar refractivity (Wildman–Crippen MR) is 98.5 cm³/mol. The van der Waals surface area contributed by atoms with E-state index in [2.05, 4.69) is 17.4 Å². The van der Waals surface area contributed by atoms with Crippen LogP contribution in [-0.4, -0.2) is 17.4 Å². The molecule has 0 spiro atoms. The molecule has 1 fully saturated rings. The third-order valence-corrected chi connectivity index (χ3v) is 6.89. The topological polar surface area (TPSA) is 29.1 Å². The van der Waals surface area contributed by atoms with E-state index in [1.54, 1.807) is 18.2 Å². The van der Waals surface area contributed by atoms with Crippen molar-refractivity contribution >= 4 is 58.3 Å². The molecule has 0 aromatic heterocycles. The first-order valence-corrected chi connectivity index (χ1v) is 9.58. The summed E-state index contributed by atoms with van der Waals surface area (Å²) in [6.07, 6.45) is 0. The average Bonchev–Trinajstić information content (AvgIpc) is 3.02. The van der Waals surface area contributed by atoms with Crippen molar-refractivity contribution in [3.05, 3.63) is 63.6 Å². The zero-order valence-electron chi connectivity index (χ0n) is 11.5. The first-order chi connectivity index (χ1) is 10.6. The number of thioether (sulfide) groups is 2. The van der Waals surface area contributed by atoms with Crippen molar-refractivity contribution in [1.29, 1.82) is 0 Å². The van der Waals surface area contributed by atoms with Crippen molar-refractivity contribution in [3.8, 4) is 0 Å². The summed E-state index contributed by atoms with van der Waals surface area (Å²) in [4.78, 5) is 12.2. The van der Waals surface area contributed by atoms with E-state index in [4.69, 9.17) is 23.2 Å². The Morgan fingerprint density at radius 2 is 1.73 bits per heavy atom. The van der Waals surface area contributed by atoms with Crippen LogP contribution in [0.4, 0.5) is 5.69 Å². The van der Waals surface area contributed by atoms with E-state index in [1.165, 1.54) is 17.1 Å². The summed E-state index contributed by atoms with van der Waals surface area (Å²) in [5.74, 6) is 2.16. The summed E-state index contributed by atoms with van der Waals surface area (Å²) >= 11 is 15.8. The standard InChI is InChI=1S/C16H13Cl2NOS2/c17-11-3-6-13(14(18)9-11)15(20)19-12-4-1-10(2-5-12)16-21-7-8-22-16/h1-6,9,16H,7-8H2,(H,19,20). The first kappa shape index (κ1) is 16.1. The Kier molecular flexibility index (Phi) is 5.24. The third-order valence-electron chi connectivity index (χ3n) is 3.24.